The zero-order valence-electron chi connectivity index (χ0n) is 13.0. The molecule has 7 heteroatoms. The fourth-order valence-electron chi connectivity index (χ4n) is 1.69. The van der Waals surface area contributed by atoms with Crippen LogP contribution in [0.4, 0.5) is 5.69 Å². The molecule has 6 nitrogen and oxygen atoms in total. The van der Waals surface area contributed by atoms with Gasteiger partial charge in [0.25, 0.3) is 5.56 Å². The van der Waals surface area contributed by atoms with E-state index in [0.717, 1.165) is 12.8 Å². The fraction of sp³-hybridized carbons (Fsp3) is 0.643. The number of hydrogen-bond donors (Lipinski definition) is 2. The third-order valence-corrected chi connectivity index (χ3v) is 3.43. The number of hydrogen-bond acceptors (Lipinski definition) is 4. The Kier molecular flexibility index (Phi) is 6.39. The highest BCUT2D eigenvalue weighted by Gasteiger charge is 2.14. The molecule has 0 aliphatic carbocycles. The summed E-state index contributed by atoms with van der Waals surface area (Å²) in [5, 5.41) is 9.88. The molecule has 0 aromatic carbocycles. The van der Waals surface area contributed by atoms with Crippen LogP contribution in [0.2, 0.25) is 0 Å². The third-order valence-electron chi connectivity index (χ3n) is 2.66. The van der Waals surface area contributed by atoms with Crippen LogP contribution in [0, 0.1) is 0 Å². The van der Waals surface area contributed by atoms with E-state index in [-0.39, 0.29) is 23.6 Å². The van der Waals surface area contributed by atoms with Crippen LogP contribution in [0.3, 0.4) is 0 Å². The van der Waals surface area contributed by atoms with E-state index in [2.05, 4.69) is 38.6 Å². The molecule has 1 heterocycles. The van der Waals surface area contributed by atoms with Gasteiger partial charge in [-0.1, -0.05) is 13.3 Å². The Morgan fingerprint density at radius 3 is 2.67 bits per heavy atom. The molecule has 0 unspecified atom stereocenters. The van der Waals surface area contributed by atoms with Crippen LogP contribution in [0.5, 0.6) is 0 Å². The van der Waals surface area contributed by atoms with Crippen molar-refractivity contribution in [2.75, 3.05) is 11.9 Å². The topological polar surface area (TPSA) is 76.0 Å². The number of aromatic nitrogens is 2. The van der Waals surface area contributed by atoms with Crippen molar-refractivity contribution in [2.45, 2.75) is 52.6 Å². The van der Waals surface area contributed by atoms with E-state index in [9.17, 15) is 9.59 Å². The molecule has 2 N–H and O–H groups in total. The molecule has 0 aliphatic rings. The summed E-state index contributed by atoms with van der Waals surface area (Å²) < 4.78 is 1.82. The van der Waals surface area contributed by atoms with Crippen molar-refractivity contribution in [3.05, 3.63) is 21.0 Å². The van der Waals surface area contributed by atoms with E-state index in [1.807, 2.05) is 20.8 Å². The highest BCUT2D eigenvalue weighted by atomic mass is 79.9. The molecule has 1 amide bonds. The quantitative estimate of drug-likeness (QED) is 0.816. The van der Waals surface area contributed by atoms with Gasteiger partial charge >= 0.3 is 0 Å². The van der Waals surface area contributed by atoms with E-state index < -0.39 is 0 Å². The highest BCUT2D eigenvalue weighted by molar-refractivity contribution is 9.10. The van der Waals surface area contributed by atoms with Crippen molar-refractivity contribution in [3.63, 3.8) is 0 Å². The van der Waals surface area contributed by atoms with Crippen molar-refractivity contribution in [2.24, 2.45) is 0 Å². The molecule has 0 bridgehead atoms. The highest BCUT2D eigenvalue weighted by Crippen LogP contribution is 2.15. The van der Waals surface area contributed by atoms with E-state index in [4.69, 9.17) is 0 Å². The molecule has 1 rings (SSSR count). The maximum Gasteiger partial charge on any atom is 0.283 e. The zero-order chi connectivity index (χ0) is 16.0. The van der Waals surface area contributed by atoms with E-state index >= 15 is 0 Å². The molecular weight excluding hydrogens is 336 g/mol. The largest absolute Gasteiger partial charge is 0.374 e. The second kappa shape index (κ2) is 7.59. The lowest BCUT2D eigenvalue weighted by Gasteiger charge is -2.20. The summed E-state index contributed by atoms with van der Waals surface area (Å²) >= 11 is 3.27. The molecule has 1 aromatic rings. The van der Waals surface area contributed by atoms with Gasteiger partial charge in [-0.3, -0.25) is 9.59 Å². The van der Waals surface area contributed by atoms with Gasteiger partial charge in [-0.2, -0.15) is 5.10 Å². The number of halogens is 1. The average molecular weight is 359 g/mol. The van der Waals surface area contributed by atoms with Crippen LogP contribution in [0.15, 0.2) is 15.5 Å². The monoisotopic (exact) mass is 358 g/mol. The van der Waals surface area contributed by atoms with Gasteiger partial charge in [0.15, 0.2) is 0 Å². The summed E-state index contributed by atoms with van der Waals surface area (Å²) in [6.07, 6.45) is 3.46. The van der Waals surface area contributed by atoms with Gasteiger partial charge in [-0.15, -0.1) is 0 Å². The first-order valence-corrected chi connectivity index (χ1v) is 7.84. The van der Waals surface area contributed by atoms with Gasteiger partial charge in [0.2, 0.25) is 5.91 Å². The maximum atomic E-state index is 12.1. The van der Waals surface area contributed by atoms with Crippen molar-refractivity contribution < 1.29 is 4.79 Å². The molecule has 0 saturated carbocycles. The van der Waals surface area contributed by atoms with E-state index in [0.29, 0.717) is 16.7 Å². The number of rotatable bonds is 6. The molecule has 0 fully saturated rings. The lowest BCUT2D eigenvalue weighted by Crippen LogP contribution is -2.43. The van der Waals surface area contributed by atoms with Crippen LogP contribution in [0.25, 0.3) is 0 Å². The van der Waals surface area contributed by atoms with Crippen molar-refractivity contribution in [1.29, 1.82) is 0 Å². The second-order valence-corrected chi connectivity index (χ2v) is 6.70. The molecule has 21 heavy (non-hydrogen) atoms. The Hall–Kier alpha value is -1.37. The first kappa shape index (κ1) is 17.7. The standard InChI is InChI=1S/C14H23BrN4O2/c1-5-6-7-19-13(21)12(15)10(8-17-19)16-9-11(20)18-14(2,3)4/h8,16H,5-7,9H2,1-4H3,(H,18,20). The predicted molar refractivity (Wildman–Crippen MR) is 87.5 cm³/mol. The number of carbonyl (C=O) groups is 1. The first-order valence-electron chi connectivity index (χ1n) is 7.05. The molecule has 0 radical (unpaired) electrons. The Bertz CT molecular complexity index is 549. The second-order valence-electron chi connectivity index (χ2n) is 5.91. The lowest BCUT2D eigenvalue weighted by atomic mass is 10.1. The summed E-state index contributed by atoms with van der Waals surface area (Å²) in [5.74, 6) is -0.135. The molecular formula is C14H23BrN4O2. The zero-order valence-corrected chi connectivity index (χ0v) is 14.6. The Morgan fingerprint density at radius 2 is 2.10 bits per heavy atom. The fourth-order valence-corrected chi connectivity index (χ4v) is 2.14. The van der Waals surface area contributed by atoms with Gasteiger partial charge < -0.3 is 10.6 Å². The molecule has 0 spiro atoms. The number of anilines is 1. The maximum absolute atomic E-state index is 12.1. The van der Waals surface area contributed by atoms with E-state index in [1.54, 1.807) is 6.20 Å². The van der Waals surface area contributed by atoms with Gasteiger partial charge in [-0.25, -0.2) is 4.68 Å². The van der Waals surface area contributed by atoms with Gasteiger partial charge in [0.1, 0.15) is 4.47 Å². The number of nitrogens with one attached hydrogen (secondary N) is 2. The lowest BCUT2D eigenvalue weighted by molar-refractivity contribution is -0.120. The summed E-state index contributed by atoms with van der Waals surface area (Å²) in [6, 6.07) is 0. The molecule has 1 aromatic heterocycles. The van der Waals surface area contributed by atoms with Crippen molar-refractivity contribution in [3.8, 4) is 0 Å². The normalized spacial score (nSPS) is 11.3. The first-order chi connectivity index (χ1) is 9.74. The predicted octanol–water partition coefficient (Wildman–Crippen LogP) is 2.13. The van der Waals surface area contributed by atoms with Crippen LogP contribution in [-0.4, -0.2) is 27.8 Å². The summed E-state index contributed by atoms with van der Waals surface area (Å²) in [7, 11) is 0. The van der Waals surface area contributed by atoms with Crippen molar-refractivity contribution in [1.82, 2.24) is 15.1 Å². The number of unbranched alkanes of at least 4 members (excludes halogenated alkanes) is 1. The van der Waals surface area contributed by atoms with Crippen molar-refractivity contribution >= 4 is 27.5 Å². The SMILES string of the molecule is CCCCn1ncc(NCC(=O)NC(C)(C)C)c(Br)c1=O. The summed E-state index contributed by atoms with van der Waals surface area (Å²) in [5.41, 5.74) is 0.0548. The summed E-state index contributed by atoms with van der Waals surface area (Å²) in [4.78, 5) is 23.8. The minimum absolute atomic E-state index is 0.0932. The Labute approximate surface area is 133 Å². The number of amides is 1. The van der Waals surface area contributed by atoms with Gasteiger partial charge in [0, 0.05) is 12.1 Å². The summed E-state index contributed by atoms with van der Waals surface area (Å²) in [6.45, 7) is 8.49. The molecule has 0 saturated heterocycles. The number of aryl methyl sites for hydroxylation is 1. The van der Waals surface area contributed by atoms with Crippen LogP contribution < -0.4 is 16.2 Å². The molecule has 118 valence electrons. The number of nitrogens with zero attached hydrogens (tertiary/aromatic N) is 2. The Balaban J connectivity index is 2.71. The van der Waals surface area contributed by atoms with Crippen LogP contribution in [-0.2, 0) is 11.3 Å². The minimum atomic E-state index is -0.280. The van der Waals surface area contributed by atoms with Gasteiger partial charge in [0.05, 0.1) is 18.4 Å². The Morgan fingerprint density at radius 1 is 1.43 bits per heavy atom. The van der Waals surface area contributed by atoms with E-state index in [1.165, 1.54) is 4.68 Å². The van der Waals surface area contributed by atoms with Crippen LogP contribution in [0.1, 0.15) is 40.5 Å². The molecule has 0 atom stereocenters. The minimum Gasteiger partial charge on any atom is -0.374 e. The third kappa shape index (κ3) is 5.87. The number of carbonyl (C=O) groups excluding carboxylic acids is 1. The van der Waals surface area contributed by atoms with Gasteiger partial charge in [-0.05, 0) is 43.1 Å². The molecule has 0 aliphatic heterocycles. The average Bonchev–Trinajstić information content (AvgIpc) is 2.37. The van der Waals surface area contributed by atoms with Crippen LogP contribution >= 0.6 is 15.9 Å². The smallest absolute Gasteiger partial charge is 0.283 e.